The van der Waals surface area contributed by atoms with Gasteiger partial charge < -0.3 is 14.8 Å². The molecule has 2 rings (SSSR count). The molecule has 1 aromatic heterocycles. The third kappa shape index (κ3) is 4.15. The molecular formula is C19H26N4O. The number of benzene rings is 1. The zero-order chi connectivity index (χ0) is 17.7. The van der Waals surface area contributed by atoms with Crippen LogP contribution in [0.5, 0.6) is 0 Å². The fourth-order valence-corrected chi connectivity index (χ4v) is 3.04. The van der Waals surface area contributed by atoms with Crippen molar-refractivity contribution in [1.29, 1.82) is 5.26 Å². The average Bonchev–Trinajstić information content (AvgIpc) is 2.88. The van der Waals surface area contributed by atoms with Crippen molar-refractivity contribution in [3.63, 3.8) is 0 Å². The molecule has 0 saturated carbocycles. The molecule has 24 heavy (non-hydrogen) atoms. The summed E-state index contributed by atoms with van der Waals surface area (Å²) in [5, 5.41) is 12.6. The molecule has 0 saturated heterocycles. The number of hydrogen-bond acceptors (Lipinski definition) is 3. The van der Waals surface area contributed by atoms with Gasteiger partial charge in [-0.2, -0.15) is 5.26 Å². The zero-order valence-electron chi connectivity index (χ0n) is 14.9. The Hall–Kier alpha value is -2.32. The Kier molecular flexibility index (Phi) is 5.99. The summed E-state index contributed by atoms with van der Waals surface area (Å²) in [4.78, 5) is 14.7. The maximum absolute atomic E-state index is 12.6. The molecule has 0 radical (unpaired) electrons. The van der Waals surface area contributed by atoms with Crippen molar-refractivity contribution < 1.29 is 4.79 Å². The van der Waals surface area contributed by atoms with Crippen molar-refractivity contribution in [2.45, 2.75) is 32.9 Å². The van der Waals surface area contributed by atoms with Crippen LogP contribution in [0.4, 0.5) is 0 Å². The standard InChI is InChI=1S/C19H26N4O/c1-14(2)11-18(19(24)21-10-9-20)23-13-15(12-22(3)4)16-7-5-6-8-17(16)23/h5-8,13-14,18H,10-12H2,1-4H3,(H,21,24). The Labute approximate surface area is 143 Å². The molecule has 1 unspecified atom stereocenters. The van der Waals surface area contributed by atoms with Gasteiger partial charge in [-0.1, -0.05) is 32.0 Å². The van der Waals surface area contributed by atoms with Crippen molar-refractivity contribution in [3.8, 4) is 6.07 Å². The number of nitriles is 1. The minimum atomic E-state index is -0.306. The van der Waals surface area contributed by atoms with Crippen LogP contribution >= 0.6 is 0 Å². The third-order valence-corrected chi connectivity index (χ3v) is 3.98. The Morgan fingerprint density at radius 2 is 2.04 bits per heavy atom. The fourth-order valence-electron chi connectivity index (χ4n) is 3.04. The van der Waals surface area contributed by atoms with E-state index in [9.17, 15) is 4.79 Å². The van der Waals surface area contributed by atoms with E-state index in [1.54, 1.807) is 0 Å². The molecule has 128 valence electrons. The van der Waals surface area contributed by atoms with Crippen LogP contribution in [0, 0.1) is 17.2 Å². The second kappa shape index (κ2) is 7.98. The smallest absolute Gasteiger partial charge is 0.243 e. The van der Waals surface area contributed by atoms with Crippen LogP contribution in [-0.2, 0) is 11.3 Å². The number of carbonyl (C=O) groups is 1. The average molecular weight is 326 g/mol. The van der Waals surface area contributed by atoms with Crippen LogP contribution in [0.2, 0.25) is 0 Å². The van der Waals surface area contributed by atoms with Crippen LogP contribution < -0.4 is 5.32 Å². The number of nitrogens with one attached hydrogen (secondary N) is 1. The zero-order valence-corrected chi connectivity index (χ0v) is 14.9. The van der Waals surface area contributed by atoms with Gasteiger partial charge in [0, 0.05) is 23.6 Å². The van der Waals surface area contributed by atoms with E-state index in [0.29, 0.717) is 5.92 Å². The van der Waals surface area contributed by atoms with E-state index >= 15 is 0 Å². The summed E-state index contributed by atoms with van der Waals surface area (Å²) in [5.74, 6) is 0.281. The number of carbonyl (C=O) groups excluding carboxylic acids is 1. The second-order valence-corrected chi connectivity index (χ2v) is 6.84. The fraction of sp³-hybridized carbons (Fsp3) is 0.474. The first-order valence-electron chi connectivity index (χ1n) is 8.31. The van der Waals surface area contributed by atoms with Crippen LogP contribution in [0.25, 0.3) is 10.9 Å². The van der Waals surface area contributed by atoms with Crippen molar-refractivity contribution in [2.24, 2.45) is 5.92 Å². The Bertz CT molecular complexity index is 739. The predicted molar refractivity (Wildman–Crippen MR) is 96.4 cm³/mol. The van der Waals surface area contributed by atoms with Gasteiger partial charge in [-0.05, 0) is 38.1 Å². The summed E-state index contributed by atoms with van der Waals surface area (Å²) >= 11 is 0. The minimum absolute atomic E-state index is 0.0389. The number of amides is 1. The number of aromatic nitrogens is 1. The summed E-state index contributed by atoms with van der Waals surface area (Å²) < 4.78 is 2.07. The first-order valence-corrected chi connectivity index (χ1v) is 8.31. The third-order valence-electron chi connectivity index (χ3n) is 3.98. The van der Waals surface area contributed by atoms with Gasteiger partial charge >= 0.3 is 0 Å². The van der Waals surface area contributed by atoms with Gasteiger partial charge in [0.25, 0.3) is 0 Å². The first kappa shape index (κ1) is 18.0. The molecule has 1 atom stereocenters. The predicted octanol–water partition coefficient (Wildman–Crippen LogP) is 2.93. The first-order chi connectivity index (χ1) is 11.4. The SMILES string of the molecule is CC(C)CC(C(=O)NCC#N)n1cc(CN(C)C)c2ccccc21. The summed E-state index contributed by atoms with van der Waals surface area (Å²) in [6.07, 6.45) is 2.82. The number of fused-ring (bicyclic) bond motifs is 1. The Morgan fingerprint density at radius 1 is 1.33 bits per heavy atom. The maximum atomic E-state index is 12.6. The summed E-state index contributed by atoms with van der Waals surface area (Å²) in [5.41, 5.74) is 2.27. The number of para-hydroxylation sites is 1. The Balaban J connectivity index is 2.48. The molecule has 0 aliphatic carbocycles. The summed E-state index contributed by atoms with van der Waals surface area (Å²) in [6.45, 7) is 5.08. The highest BCUT2D eigenvalue weighted by Crippen LogP contribution is 2.28. The number of rotatable bonds is 7. The largest absolute Gasteiger partial charge is 0.341 e. The van der Waals surface area contributed by atoms with Gasteiger partial charge in [0.2, 0.25) is 5.91 Å². The van der Waals surface area contributed by atoms with E-state index in [1.807, 2.05) is 32.3 Å². The van der Waals surface area contributed by atoms with Gasteiger partial charge in [-0.3, -0.25) is 4.79 Å². The molecule has 0 fully saturated rings. The van der Waals surface area contributed by atoms with Crippen molar-refractivity contribution in [1.82, 2.24) is 14.8 Å². The van der Waals surface area contributed by atoms with Gasteiger partial charge in [-0.25, -0.2) is 0 Å². The van der Waals surface area contributed by atoms with Gasteiger partial charge in [0.15, 0.2) is 0 Å². The van der Waals surface area contributed by atoms with Crippen LogP contribution in [-0.4, -0.2) is 36.0 Å². The second-order valence-electron chi connectivity index (χ2n) is 6.84. The van der Waals surface area contributed by atoms with Crippen LogP contribution in [0.3, 0.4) is 0 Å². The van der Waals surface area contributed by atoms with Gasteiger partial charge in [0.05, 0.1) is 6.07 Å². The van der Waals surface area contributed by atoms with E-state index in [-0.39, 0.29) is 18.5 Å². The quantitative estimate of drug-likeness (QED) is 0.796. The molecule has 1 heterocycles. The monoisotopic (exact) mass is 326 g/mol. The number of hydrogen-bond donors (Lipinski definition) is 1. The van der Waals surface area contributed by atoms with Crippen molar-refractivity contribution in [3.05, 3.63) is 36.0 Å². The minimum Gasteiger partial charge on any atom is -0.341 e. The molecule has 1 aromatic carbocycles. The molecule has 5 heteroatoms. The highest BCUT2D eigenvalue weighted by Gasteiger charge is 2.24. The lowest BCUT2D eigenvalue weighted by Gasteiger charge is -2.21. The number of nitrogens with zero attached hydrogens (tertiary/aromatic N) is 3. The lowest BCUT2D eigenvalue weighted by atomic mass is 10.0. The van der Waals surface area contributed by atoms with Crippen LogP contribution in [0.1, 0.15) is 31.9 Å². The normalized spacial score (nSPS) is 12.5. The summed E-state index contributed by atoms with van der Waals surface area (Å²) in [6, 6.07) is 9.85. The molecular weight excluding hydrogens is 300 g/mol. The van der Waals surface area contributed by atoms with E-state index in [1.165, 1.54) is 10.9 Å². The summed E-state index contributed by atoms with van der Waals surface area (Å²) in [7, 11) is 4.08. The molecule has 5 nitrogen and oxygen atoms in total. The van der Waals surface area contributed by atoms with E-state index in [2.05, 4.69) is 47.0 Å². The van der Waals surface area contributed by atoms with Crippen molar-refractivity contribution >= 4 is 16.8 Å². The highest BCUT2D eigenvalue weighted by molar-refractivity contribution is 5.88. The highest BCUT2D eigenvalue weighted by atomic mass is 16.2. The molecule has 0 aliphatic heterocycles. The lowest BCUT2D eigenvalue weighted by molar-refractivity contribution is -0.124. The van der Waals surface area contributed by atoms with Gasteiger partial charge in [-0.15, -0.1) is 0 Å². The molecule has 0 spiro atoms. The molecule has 1 amide bonds. The lowest BCUT2D eigenvalue weighted by Crippen LogP contribution is -2.33. The van der Waals surface area contributed by atoms with Gasteiger partial charge in [0.1, 0.15) is 12.6 Å². The van der Waals surface area contributed by atoms with E-state index in [4.69, 9.17) is 5.26 Å². The Morgan fingerprint density at radius 3 is 2.67 bits per heavy atom. The van der Waals surface area contributed by atoms with Crippen molar-refractivity contribution in [2.75, 3.05) is 20.6 Å². The van der Waals surface area contributed by atoms with E-state index in [0.717, 1.165) is 18.5 Å². The molecule has 1 N–H and O–H groups in total. The molecule has 0 aliphatic rings. The van der Waals surface area contributed by atoms with E-state index < -0.39 is 0 Å². The topological polar surface area (TPSA) is 61.1 Å². The van der Waals surface area contributed by atoms with Crippen LogP contribution in [0.15, 0.2) is 30.5 Å². The molecule has 2 aromatic rings. The maximum Gasteiger partial charge on any atom is 0.243 e. The molecule has 0 bridgehead atoms.